The fourth-order valence-corrected chi connectivity index (χ4v) is 2.46. The lowest BCUT2D eigenvalue weighted by molar-refractivity contribution is -0.131. The molecule has 1 saturated heterocycles. The molecular weight excluding hydrogens is 292 g/mol. The fraction of sp³-hybridized carbons (Fsp3) is 0.643. The predicted octanol–water partition coefficient (Wildman–Crippen LogP) is 0.781. The summed E-state index contributed by atoms with van der Waals surface area (Å²) in [7, 11) is 1.55. The van der Waals surface area contributed by atoms with E-state index in [-0.39, 0.29) is 29.9 Å². The molecule has 2 amide bonds. The highest BCUT2D eigenvalue weighted by Gasteiger charge is 2.30. The van der Waals surface area contributed by atoms with Crippen LogP contribution in [0.25, 0.3) is 0 Å². The van der Waals surface area contributed by atoms with Crippen LogP contribution in [0.5, 0.6) is 0 Å². The Morgan fingerprint density at radius 3 is 2.67 bits per heavy atom. The Kier molecular flexibility index (Phi) is 6.42. The molecule has 0 aromatic carbocycles. The molecule has 0 unspecified atom stereocenters. The van der Waals surface area contributed by atoms with Gasteiger partial charge in [-0.1, -0.05) is 32.5 Å². The third-order valence-corrected chi connectivity index (χ3v) is 3.86. The number of ether oxygens (including phenoxy) is 1. The summed E-state index contributed by atoms with van der Waals surface area (Å²) in [6.07, 6.45) is 1.46. The van der Waals surface area contributed by atoms with Gasteiger partial charge in [0.05, 0.1) is 17.4 Å². The van der Waals surface area contributed by atoms with E-state index in [9.17, 15) is 14.4 Å². The number of nitrogens with one attached hydrogen (secondary N) is 1. The van der Waals surface area contributed by atoms with Gasteiger partial charge in [0.2, 0.25) is 11.8 Å². The third kappa shape index (κ3) is 5.51. The topological polar surface area (TPSA) is 75.7 Å². The van der Waals surface area contributed by atoms with Crippen molar-refractivity contribution in [3.05, 3.63) is 11.1 Å². The highest BCUT2D eigenvalue weighted by atomic mass is 32.2. The first kappa shape index (κ1) is 17.7. The van der Waals surface area contributed by atoms with Crippen molar-refractivity contribution < 1.29 is 19.1 Å². The van der Waals surface area contributed by atoms with Crippen LogP contribution in [0.15, 0.2) is 11.1 Å². The number of thioether (sulfide) groups is 1. The Hall–Kier alpha value is -1.34. The number of methoxy groups -OCH3 is 1. The van der Waals surface area contributed by atoms with Gasteiger partial charge in [-0.2, -0.15) is 0 Å². The van der Waals surface area contributed by atoms with Crippen LogP contribution in [0.3, 0.4) is 0 Å². The van der Waals surface area contributed by atoms with Gasteiger partial charge in [-0.15, -0.1) is 0 Å². The summed E-state index contributed by atoms with van der Waals surface area (Å²) in [6, 6.07) is 0. The summed E-state index contributed by atoms with van der Waals surface area (Å²) in [6.45, 7) is 6.18. The van der Waals surface area contributed by atoms with E-state index < -0.39 is 5.41 Å². The molecule has 118 valence electrons. The van der Waals surface area contributed by atoms with Crippen LogP contribution in [0.1, 0.15) is 20.8 Å². The maximum Gasteiger partial charge on any atom is 0.240 e. The lowest BCUT2D eigenvalue weighted by Crippen LogP contribution is -2.39. The maximum absolute atomic E-state index is 12.0. The lowest BCUT2D eigenvalue weighted by Gasteiger charge is -2.19. The first-order chi connectivity index (χ1) is 9.75. The lowest BCUT2D eigenvalue weighted by atomic mass is 9.91. The average Bonchev–Trinajstić information content (AvgIpc) is 2.70. The van der Waals surface area contributed by atoms with Crippen LogP contribution in [0.2, 0.25) is 0 Å². The zero-order chi connectivity index (χ0) is 16.0. The summed E-state index contributed by atoms with van der Waals surface area (Å²) in [5, 5.41) is 3.20. The molecule has 0 bridgehead atoms. The van der Waals surface area contributed by atoms with E-state index in [0.29, 0.717) is 18.2 Å². The largest absolute Gasteiger partial charge is 0.383 e. The van der Waals surface area contributed by atoms with Crippen molar-refractivity contribution in [1.82, 2.24) is 10.2 Å². The quantitative estimate of drug-likeness (QED) is 0.579. The van der Waals surface area contributed by atoms with Crippen LogP contribution in [-0.2, 0) is 19.1 Å². The van der Waals surface area contributed by atoms with E-state index in [4.69, 9.17) is 4.74 Å². The van der Waals surface area contributed by atoms with Crippen LogP contribution in [0.4, 0.5) is 0 Å². The number of nitrogens with zero attached hydrogens (tertiary/aromatic N) is 1. The number of amides is 2. The summed E-state index contributed by atoms with van der Waals surface area (Å²) in [5.41, 5.74) is -0.508. The Morgan fingerprint density at radius 2 is 2.10 bits per heavy atom. The van der Waals surface area contributed by atoms with Crippen molar-refractivity contribution in [3.63, 3.8) is 0 Å². The number of allylic oxidation sites excluding steroid dienone is 1. The zero-order valence-electron chi connectivity index (χ0n) is 12.9. The summed E-state index contributed by atoms with van der Waals surface area (Å²) >= 11 is 1.29. The van der Waals surface area contributed by atoms with Crippen molar-refractivity contribution in [1.29, 1.82) is 0 Å². The van der Waals surface area contributed by atoms with Gasteiger partial charge in [0, 0.05) is 25.1 Å². The second kappa shape index (κ2) is 7.61. The highest BCUT2D eigenvalue weighted by Crippen LogP contribution is 2.30. The van der Waals surface area contributed by atoms with Crippen molar-refractivity contribution in [3.8, 4) is 0 Å². The van der Waals surface area contributed by atoms with Crippen LogP contribution in [-0.4, -0.2) is 55.1 Å². The second-order valence-electron chi connectivity index (χ2n) is 5.71. The summed E-state index contributed by atoms with van der Waals surface area (Å²) in [4.78, 5) is 37.0. The Bertz CT molecular complexity index is 454. The van der Waals surface area contributed by atoms with Gasteiger partial charge in [-0.05, 0) is 0 Å². The van der Waals surface area contributed by atoms with Gasteiger partial charge in [0.15, 0.2) is 5.78 Å². The van der Waals surface area contributed by atoms with E-state index >= 15 is 0 Å². The Balaban J connectivity index is 2.69. The van der Waals surface area contributed by atoms with Crippen LogP contribution >= 0.6 is 11.8 Å². The molecule has 0 aromatic heterocycles. The van der Waals surface area contributed by atoms with Crippen LogP contribution < -0.4 is 5.32 Å². The molecule has 1 heterocycles. The normalized spacial score (nSPS) is 17.4. The number of ketones is 1. The van der Waals surface area contributed by atoms with Crippen molar-refractivity contribution in [2.75, 3.05) is 32.6 Å². The van der Waals surface area contributed by atoms with Crippen molar-refractivity contribution in [2.45, 2.75) is 20.8 Å². The molecule has 0 atom stereocenters. The van der Waals surface area contributed by atoms with Crippen molar-refractivity contribution in [2.24, 2.45) is 5.41 Å². The number of carbonyl (C=O) groups is 3. The smallest absolute Gasteiger partial charge is 0.240 e. The second-order valence-corrected chi connectivity index (χ2v) is 6.70. The molecule has 1 fully saturated rings. The van der Waals surface area contributed by atoms with Crippen LogP contribution in [0, 0.1) is 5.41 Å². The Labute approximate surface area is 129 Å². The van der Waals surface area contributed by atoms with Gasteiger partial charge in [0.1, 0.15) is 6.54 Å². The van der Waals surface area contributed by atoms with Gasteiger partial charge in [0.25, 0.3) is 0 Å². The fourth-order valence-electron chi connectivity index (χ4n) is 1.52. The SMILES string of the molecule is COCCNC(=O)CN1C(=O)CS/C1=C/C(=O)C(C)(C)C. The average molecular weight is 314 g/mol. The monoisotopic (exact) mass is 314 g/mol. The molecule has 1 aliphatic heterocycles. The van der Waals surface area contributed by atoms with Gasteiger partial charge in [-0.3, -0.25) is 19.3 Å². The highest BCUT2D eigenvalue weighted by molar-refractivity contribution is 8.04. The minimum Gasteiger partial charge on any atom is -0.383 e. The van der Waals surface area contributed by atoms with Crippen molar-refractivity contribution >= 4 is 29.4 Å². The molecule has 0 saturated carbocycles. The Morgan fingerprint density at radius 1 is 1.43 bits per heavy atom. The zero-order valence-corrected chi connectivity index (χ0v) is 13.7. The van der Waals surface area contributed by atoms with E-state index in [2.05, 4.69) is 5.32 Å². The van der Waals surface area contributed by atoms with E-state index in [0.717, 1.165) is 0 Å². The molecule has 0 aliphatic carbocycles. The van der Waals surface area contributed by atoms with E-state index in [1.807, 2.05) is 20.8 Å². The van der Waals surface area contributed by atoms with Gasteiger partial charge >= 0.3 is 0 Å². The number of rotatable bonds is 6. The first-order valence-electron chi connectivity index (χ1n) is 6.70. The molecule has 7 heteroatoms. The number of hydrogen-bond acceptors (Lipinski definition) is 5. The molecule has 1 N–H and O–H groups in total. The predicted molar refractivity (Wildman–Crippen MR) is 81.6 cm³/mol. The summed E-state index contributed by atoms with van der Waals surface area (Å²) < 4.78 is 4.84. The molecule has 0 spiro atoms. The minimum atomic E-state index is -0.508. The third-order valence-electron chi connectivity index (χ3n) is 2.83. The molecule has 1 rings (SSSR count). The standard InChI is InChI=1S/C14H22N2O4S/c1-14(2,3)10(17)7-13-16(12(19)9-21-13)8-11(18)15-5-6-20-4/h7H,5-6,8-9H2,1-4H3,(H,15,18)/b13-7+. The number of carbonyl (C=O) groups excluding carboxylic acids is 3. The maximum atomic E-state index is 12.0. The van der Waals surface area contributed by atoms with E-state index in [1.54, 1.807) is 7.11 Å². The van der Waals surface area contributed by atoms with Gasteiger partial charge in [-0.25, -0.2) is 0 Å². The summed E-state index contributed by atoms with van der Waals surface area (Å²) in [5.74, 6) is -0.231. The molecule has 0 aromatic rings. The first-order valence-corrected chi connectivity index (χ1v) is 7.69. The molecular formula is C14H22N2O4S. The minimum absolute atomic E-state index is 0.0653. The molecule has 0 radical (unpaired) electrons. The van der Waals surface area contributed by atoms with E-state index in [1.165, 1.54) is 22.7 Å². The van der Waals surface area contributed by atoms with Gasteiger partial charge < -0.3 is 10.1 Å². The molecule has 6 nitrogen and oxygen atoms in total. The molecule has 1 aliphatic rings. The molecule has 21 heavy (non-hydrogen) atoms. The number of hydrogen-bond donors (Lipinski definition) is 1.